The van der Waals surface area contributed by atoms with Crippen molar-refractivity contribution in [2.24, 2.45) is 0 Å². The summed E-state index contributed by atoms with van der Waals surface area (Å²) in [6.45, 7) is 26.7. The fourth-order valence-corrected chi connectivity index (χ4v) is 9.34. The molecule has 272 valence electrons. The molecule has 2 aromatic carbocycles. The van der Waals surface area contributed by atoms with E-state index in [1.165, 1.54) is 73.6 Å². The standard InChI is InChI=1S/C44H66B2O4/c1-13-17-25-43(26-18-14-2)35-29-31(45-47-39(5,6)40(7,8)48-45)21-23-33(35)38-37(43)34-24-22-32(46-49-41(9,10)42(11,12)50-46)30-36(34)44(38,27-19-15-3)28-20-16-4/h21-24,29-30H,13-20,25-28H2,1-12H3. The Morgan fingerprint density at radius 1 is 0.440 bits per heavy atom. The van der Waals surface area contributed by atoms with Crippen LogP contribution in [0.4, 0.5) is 0 Å². The Morgan fingerprint density at radius 2 is 0.720 bits per heavy atom. The zero-order chi connectivity index (χ0) is 36.3. The molecule has 2 aliphatic carbocycles. The molecule has 2 heterocycles. The van der Waals surface area contributed by atoms with Crippen LogP contribution in [-0.4, -0.2) is 36.6 Å². The van der Waals surface area contributed by atoms with Crippen LogP contribution in [0.3, 0.4) is 0 Å². The van der Waals surface area contributed by atoms with Gasteiger partial charge < -0.3 is 18.6 Å². The normalized spacial score (nSPS) is 23.0. The first kappa shape index (κ1) is 37.9. The summed E-state index contributed by atoms with van der Waals surface area (Å²) in [5, 5.41) is 0. The van der Waals surface area contributed by atoms with E-state index in [9.17, 15) is 0 Å². The molecule has 0 atom stereocenters. The fourth-order valence-electron chi connectivity index (χ4n) is 9.34. The van der Waals surface area contributed by atoms with Gasteiger partial charge in [0.1, 0.15) is 0 Å². The lowest BCUT2D eigenvalue weighted by molar-refractivity contribution is 0.00578. The molecule has 0 unspecified atom stereocenters. The summed E-state index contributed by atoms with van der Waals surface area (Å²) in [6.07, 6.45) is 14.2. The maximum Gasteiger partial charge on any atom is 0.494 e. The lowest BCUT2D eigenvalue weighted by atomic mass is 9.64. The minimum atomic E-state index is -0.374. The first-order chi connectivity index (χ1) is 23.5. The summed E-state index contributed by atoms with van der Waals surface area (Å²) >= 11 is 0. The summed E-state index contributed by atoms with van der Waals surface area (Å²) in [6, 6.07) is 14.6. The van der Waals surface area contributed by atoms with Crippen LogP contribution in [0.25, 0.3) is 11.1 Å². The molecule has 0 bridgehead atoms. The van der Waals surface area contributed by atoms with Gasteiger partial charge in [0.05, 0.1) is 22.4 Å². The van der Waals surface area contributed by atoms with Crippen molar-refractivity contribution in [1.29, 1.82) is 0 Å². The van der Waals surface area contributed by atoms with Crippen LogP contribution in [-0.2, 0) is 29.4 Å². The molecule has 0 saturated carbocycles. The van der Waals surface area contributed by atoms with Crippen LogP contribution in [0.15, 0.2) is 36.4 Å². The number of allylic oxidation sites excluding steroid dienone is 2. The number of benzene rings is 2. The average Bonchev–Trinajstić information content (AvgIpc) is 3.67. The molecule has 4 nitrogen and oxygen atoms in total. The molecule has 0 N–H and O–H groups in total. The van der Waals surface area contributed by atoms with Crippen LogP contribution in [0.2, 0.25) is 0 Å². The quantitative estimate of drug-likeness (QED) is 0.186. The van der Waals surface area contributed by atoms with Gasteiger partial charge in [-0.2, -0.15) is 0 Å². The Kier molecular flexibility index (Phi) is 10.3. The van der Waals surface area contributed by atoms with Crippen LogP contribution in [0, 0.1) is 0 Å². The average molecular weight is 681 g/mol. The summed E-state index contributed by atoms with van der Waals surface area (Å²) in [5.74, 6) is 0. The van der Waals surface area contributed by atoms with E-state index in [4.69, 9.17) is 18.6 Å². The Hall–Kier alpha value is -1.85. The Balaban J connectivity index is 1.58. The monoisotopic (exact) mass is 681 g/mol. The Morgan fingerprint density at radius 3 is 0.980 bits per heavy atom. The second kappa shape index (κ2) is 13.5. The van der Waals surface area contributed by atoms with Gasteiger partial charge in [-0.05, 0) is 125 Å². The van der Waals surface area contributed by atoms with Gasteiger partial charge in [-0.1, -0.05) is 115 Å². The van der Waals surface area contributed by atoms with Crippen molar-refractivity contribution in [2.45, 2.75) is 193 Å². The van der Waals surface area contributed by atoms with Crippen molar-refractivity contribution in [3.8, 4) is 0 Å². The molecular weight excluding hydrogens is 614 g/mol. The van der Waals surface area contributed by atoms with Crippen LogP contribution >= 0.6 is 0 Å². The second-order valence-electron chi connectivity index (χ2n) is 18.1. The van der Waals surface area contributed by atoms with E-state index in [1.54, 1.807) is 11.1 Å². The second-order valence-corrected chi connectivity index (χ2v) is 18.1. The van der Waals surface area contributed by atoms with E-state index in [0.29, 0.717) is 0 Å². The third kappa shape index (κ3) is 5.91. The number of unbranched alkanes of at least 4 members (excludes halogenated alkanes) is 4. The van der Waals surface area contributed by atoms with E-state index in [2.05, 4.69) is 119 Å². The molecule has 0 amide bonds. The lowest BCUT2D eigenvalue weighted by Crippen LogP contribution is -2.41. The molecule has 2 aromatic rings. The zero-order valence-corrected chi connectivity index (χ0v) is 33.7. The van der Waals surface area contributed by atoms with Crippen LogP contribution in [0.5, 0.6) is 0 Å². The summed E-state index contributed by atoms with van der Waals surface area (Å²) in [7, 11) is -0.731. The smallest absolute Gasteiger partial charge is 0.399 e. The van der Waals surface area contributed by atoms with Gasteiger partial charge in [0.2, 0.25) is 0 Å². The topological polar surface area (TPSA) is 36.9 Å². The highest BCUT2D eigenvalue weighted by Crippen LogP contribution is 2.67. The van der Waals surface area contributed by atoms with Gasteiger partial charge in [0.25, 0.3) is 0 Å². The highest BCUT2D eigenvalue weighted by Gasteiger charge is 2.58. The van der Waals surface area contributed by atoms with Crippen LogP contribution < -0.4 is 10.9 Å². The van der Waals surface area contributed by atoms with Crippen molar-refractivity contribution in [3.63, 3.8) is 0 Å². The van der Waals surface area contributed by atoms with Crippen LogP contribution in [0.1, 0.15) is 182 Å². The highest BCUT2D eigenvalue weighted by atomic mass is 16.7. The molecule has 2 aliphatic heterocycles. The van der Waals surface area contributed by atoms with Crippen molar-refractivity contribution in [1.82, 2.24) is 0 Å². The molecule has 2 saturated heterocycles. The summed E-state index contributed by atoms with van der Waals surface area (Å²) in [5.41, 5.74) is 9.99. The molecule has 0 radical (unpaired) electrons. The molecule has 2 fully saturated rings. The van der Waals surface area contributed by atoms with Gasteiger partial charge in [-0.25, -0.2) is 0 Å². The Bertz CT molecular complexity index is 1440. The van der Waals surface area contributed by atoms with Crippen molar-refractivity contribution in [3.05, 3.63) is 58.7 Å². The maximum atomic E-state index is 6.67. The molecule has 50 heavy (non-hydrogen) atoms. The van der Waals surface area contributed by atoms with E-state index in [1.807, 2.05) is 0 Å². The summed E-state index contributed by atoms with van der Waals surface area (Å²) < 4.78 is 26.7. The number of hydrogen-bond donors (Lipinski definition) is 0. The molecule has 0 spiro atoms. The molecule has 6 rings (SSSR count). The van der Waals surface area contributed by atoms with Crippen molar-refractivity contribution in [2.75, 3.05) is 0 Å². The van der Waals surface area contributed by atoms with E-state index in [-0.39, 0.29) is 47.5 Å². The predicted molar refractivity (Wildman–Crippen MR) is 213 cm³/mol. The van der Waals surface area contributed by atoms with E-state index in [0.717, 1.165) is 36.6 Å². The minimum Gasteiger partial charge on any atom is -0.399 e. The van der Waals surface area contributed by atoms with Gasteiger partial charge in [-0.3, -0.25) is 0 Å². The maximum absolute atomic E-state index is 6.67. The molecule has 0 aromatic heterocycles. The van der Waals surface area contributed by atoms with Gasteiger partial charge >= 0.3 is 14.2 Å². The molecular formula is C44H66B2O4. The van der Waals surface area contributed by atoms with Gasteiger partial charge in [0.15, 0.2) is 0 Å². The molecule has 6 heteroatoms. The van der Waals surface area contributed by atoms with Gasteiger partial charge in [0, 0.05) is 10.8 Å². The highest BCUT2D eigenvalue weighted by molar-refractivity contribution is 6.62. The van der Waals surface area contributed by atoms with E-state index >= 15 is 0 Å². The number of hydrogen-bond acceptors (Lipinski definition) is 4. The largest absolute Gasteiger partial charge is 0.494 e. The number of fused-ring (bicyclic) bond motifs is 4. The molecule has 4 aliphatic rings. The SMILES string of the molecule is CCCCC1(CCCC)C2=C(c3ccc(B4OC(C)(C)C(C)(C)O4)cc31)C(CCCC)(CCCC)c1cc(B3OC(C)(C)C(C)(C)O3)ccc12. The minimum absolute atomic E-state index is 0.0445. The van der Waals surface area contributed by atoms with Crippen molar-refractivity contribution >= 4 is 36.3 Å². The Labute approximate surface area is 306 Å². The lowest BCUT2D eigenvalue weighted by Gasteiger charge is -2.37. The van der Waals surface area contributed by atoms with E-state index < -0.39 is 0 Å². The third-order valence-electron chi connectivity index (χ3n) is 13.7. The first-order valence-electron chi connectivity index (χ1n) is 20.3. The summed E-state index contributed by atoms with van der Waals surface area (Å²) in [4.78, 5) is 0. The first-order valence-corrected chi connectivity index (χ1v) is 20.3. The van der Waals surface area contributed by atoms with Gasteiger partial charge in [-0.15, -0.1) is 0 Å². The zero-order valence-electron chi connectivity index (χ0n) is 33.7. The third-order valence-corrected chi connectivity index (χ3v) is 13.7. The van der Waals surface area contributed by atoms with Crippen molar-refractivity contribution < 1.29 is 18.6 Å². The number of rotatable bonds is 14. The predicted octanol–water partition coefficient (Wildman–Crippen LogP) is 10.5. The fraction of sp³-hybridized carbons (Fsp3) is 0.682.